The van der Waals surface area contributed by atoms with Gasteiger partial charge in [0, 0.05) is 23.2 Å². The highest BCUT2D eigenvalue weighted by atomic mass is 35.5. The summed E-state index contributed by atoms with van der Waals surface area (Å²) in [6, 6.07) is 5.04. The Bertz CT molecular complexity index is 634. The molecule has 0 aliphatic heterocycles. The fourth-order valence-corrected chi connectivity index (χ4v) is 2.52. The second-order valence-corrected chi connectivity index (χ2v) is 5.10. The van der Waals surface area contributed by atoms with Crippen molar-refractivity contribution >= 4 is 40.0 Å². The van der Waals surface area contributed by atoms with Crippen LogP contribution in [-0.2, 0) is 4.79 Å². The average molecular weight is 297 g/mol. The van der Waals surface area contributed by atoms with Gasteiger partial charge in [0.2, 0.25) is 5.91 Å². The van der Waals surface area contributed by atoms with Crippen molar-refractivity contribution in [1.29, 1.82) is 0 Å². The number of nitrogens with zero attached hydrogens (tertiary/aromatic N) is 1. The summed E-state index contributed by atoms with van der Waals surface area (Å²) in [4.78, 5) is 12.0. The van der Waals surface area contributed by atoms with Crippen LogP contribution in [0, 0.1) is 0 Å². The molecular formula is C14H14Cl2N2O. The van der Waals surface area contributed by atoms with Crippen LogP contribution in [0.15, 0.2) is 37.1 Å². The molecule has 1 N–H and O–H groups in total. The highest BCUT2D eigenvalue weighted by Crippen LogP contribution is 2.30. The van der Waals surface area contributed by atoms with E-state index >= 15 is 0 Å². The number of hydrogen-bond acceptors (Lipinski definition) is 1. The molecule has 0 aliphatic rings. The minimum absolute atomic E-state index is 0.0755. The van der Waals surface area contributed by atoms with Crippen LogP contribution in [0.4, 0.5) is 0 Å². The van der Waals surface area contributed by atoms with Crippen LogP contribution in [0.2, 0.25) is 10.0 Å². The normalized spacial score (nSPS) is 12.4. The predicted octanol–water partition coefficient (Wildman–Crippen LogP) is 3.81. The van der Waals surface area contributed by atoms with Crippen molar-refractivity contribution in [3.8, 4) is 0 Å². The van der Waals surface area contributed by atoms with Gasteiger partial charge in [-0.1, -0.05) is 29.3 Å². The molecule has 100 valence electrons. The van der Waals surface area contributed by atoms with E-state index in [0.29, 0.717) is 16.6 Å². The van der Waals surface area contributed by atoms with E-state index in [4.69, 9.17) is 23.2 Å². The molecule has 19 heavy (non-hydrogen) atoms. The minimum atomic E-state index is -0.341. The van der Waals surface area contributed by atoms with Gasteiger partial charge in [-0.3, -0.25) is 4.79 Å². The molecule has 0 saturated carbocycles. The molecule has 3 nitrogen and oxygen atoms in total. The maximum Gasteiger partial charge on any atom is 0.243 e. The van der Waals surface area contributed by atoms with Crippen LogP contribution < -0.4 is 5.32 Å². The number of hydrogen-bond donors (Lipinski definition) is 1. The summed E-state index contributed by atoms with van der Waals surface area (Å²) in [6.45, 7) is 5.85. The first-order chi connectivity index (χ1) is 9.04. The van der Waals surface area contributed by atoms with Gasteiger partial charge in [-0.05, 0) is 25.1 Å². The monoisotopic (exact) mass is 296 g/mol. The number of aromatic nitrogens is 1. The van der Waals surface area contributed by atoms with Gasteiger partial charge in [-0.2, -0.15) is 0 Å². The van der Waals surface area contributed by atoms with E-state index in [2.05, 4.69) is 11.9 Å². The lowest BCUT2D eigenvalue weighted by atomic mass is 10.2. The lowest BCUT2D eigenvalue weighted by molar-refractivity contribution is -0.123. The first-order valence-electron chi connectivity index (χ1n) is 5.88. The van der Waals surface area contributed by atoms with Gasteiger partial charge in [-0.15, -0.1) is 6.58 Å². The molecule has 1 amide bonds. The van der Waals surface area contributed by atoms with E-state index in [1.165, 1.54) is 0 Å². The van der Waals surface area contributed by atoms with Gasteiger partial charge < -0.3 is 9.88 Å². The third-order valence-electron chi connectivity index (χ3n) is 2.97. The van der Waals surface area contributed by atoms with E-state index in [9.17, 15) is 4.79 Å². The fourth-order valence-electron chi connectivity index (χ4n) is 1.97. The second kappa shape index (κ2) is 5.68. The van der Waals surface area contributed by atoms with Crippen molar-refractivity contribution in [1.82, 2.24) is 9.88 Å². The Morgan fingerprint density at radius 3 is 2.95 bits per heavy atom. The summed E-state index contributed by atoms with van der Waals surface area (Å²) in [6.07, 6.45) is 3.48. The molecule has 0 bridgehead atoms. The number of nitrogens with one attached hydrogen (secondary N) is 1. The average Bonchev–Trinajstić information content (AvgIpc) is 2.78. The molecule has 0 saturated heterocycles. The number of benzene rings is 1. The Morgan fingerprint density at radius 2 is 2.26 bits per heavy atom. The maximum absolute atomic E-state index is 12.0. The predicted molar refractivity (Wildman–Crippen MR) is 79.9 cm³/mol. The van der Waals surface area contributed by atoms with Crippen molar-refractivity contribution in [3.05, 3.63) is 47.1 Å². The zero-order valence-corrected chi connectivity index (χ0v) is 12.0. The number of halogens is 2. The van der Waals surface area contributed by atoms with Crippen molar-refractivity contribution < 1.29 is 4.79 Å². The Hall–Kier alpha value is -1.45. The van der Waals surface area contributed by atoms with Crippen molar-refractivity contribution in [2.75, 3.05) is 6.54 Å². The standard InChI is InChI=1S/C14H14Cl2N2O/c1-3-5-17-14(19)9(2)18-6-4-11-12(16)7-10(15)8-13(11)18/h3-4,6-9H,1,5H2,2H3,(H,17,19). The Balaban J connectivity index is 2.40. The highest BCUT2D eigenvalue weighted by Gasteiger charge is 2.17. The molecule has 5 heteroatoms. The second-order valence-electron chi connectivity index (χ2n) is 4.25. The molecule has 1 unspecified atom stereocenters. The van der Waals surface area contributed by atoms with Crippen LogP contribution in [0.3, 0.4) is 0 Å². The molecule has 2 rings (SSSR count). The first-order valence-corrected chi connectivity index (χ1v) is 6.64. The third-order valence-corrected chi connectivity index (χ3v) is 3.50. The molecule has 0 spiro atoms. The Labute approximate surface area is 121 Å². The summed E-state index contributed by atoms with van der Waals surface area (Å²) >= 11 is 12.1. The van der Waals surface area contributed by atoms with E-state index in [0.717, 1.165) is 10.9 Å². The number of rotatable bonds is 4. The van der Waals surface area contributed by atoms with Crippen LogP contribution in [-0.4, -0.2) is 17.0 Å². The summed E-state index contributed by atoms with van der Waals surface area (Å²) in [7, 11) is 0. The summed E-state index contributed by atoms with van der Waals surface area (Å²) < 4.78 is 1.85. The largest absolute Gasteiger partial charge is 0.351 e. The molecule has 1 heterocycles. The zero-order chi connectivity index (χ0) is 14.0. The number of carbonyl (C=O) groups is 1. The quantitative estimate of drug-likeness (QED) is 0.855. The van der Waals surface area contributed by atoms with Crippen LogP contribution in [0.5, 0.6) is 0 Å². The van der Waals surface area contributed by atoms with Crippen molar-refractivity contribution in [2.24, 2.45) is 0 Å². The molecule has 1 atom stereocenters. The van der Waals surface area contributed by atoms with Crippen LogP contribution in [0.1, 0.15) is 13.0 Å². The summed E-state index contributed by atoms with van der Waals surface area (Å²) in [5, 5.41) is 4.79. The summed E-state index contributed by atoms with van der Waals surface area (Å²) in [5.41, 5.74) is 0.846. The number of carbonyl (C=O) groups excluding carboxylic acids is 1. The van der Waals surface area contributed by atoms with Gasteiger partial charge in [0.25, 0.3) is 0 Å². The van der Waals surface area contributed by atoms with Crippen LogP contribution in [0.25, 0.3) is 10.9 Å². The smallest absolute Gasteiger partial charge is 0.243 e. The lowest BCUT2D eigenvalue weighted by Gasteiger charge is -2.15. The van der Waals surface area contributed by atoms with Gasteiger partial charge in [0.05, 0.1) is 10.5 Å². The van der Waals surface area contributed by atoms with Gasteiger partial charge >= 0.3 is 0 Å². The maximum atomic E-state index is 12.0. The van der Waals surface area contributed by atoms with Crippen LogP contribution >= 0.6 is 23.2 Å². The third kappa shape index (κ3) is 2.77. The SMILES string of the molecule is C=CCNC(=O)C(C)n1ccc2c(Cl)cc(Cl)cc21. The molecule has 1 aromatic heterocycles. The van der Waals surface area contributed by atoms with E-state index in [-0.39, 0.29) is 11.9 Å². The van der Waals surface area contributed by atoms with Gasteiger partial charge in [0.15, 0.2) is 0 Å². The highest BCUT2D eigenvalue weighted by molar-refractivity contribution is 6.38. The van der Waals surface area contributed by atoms with E-state index < -0.39 is 0 Å². The number of amides is 1. The first kappa shape index (κ1) is 14.0. The van der Waals surface area contributed by atoms with E-state index in [1.54, 1.807) is 18.2 Å². The van der Waals surface area contributed by atoms with E-state index in [1.807, 2.05) is 23.8 Å². The van der Waals surface area contributed by atoms with Crippen molar-refractivity contribution in [3.63, 3.8) is 0 Å². The zero-order valence-electron chi connectivity index (χ0n) is 10.5. The fraction of sp³-hybridized carbons (Fsp3) is 0.214. The Morgan fingerprint density at radius 1 is 1.53 bits per heavy atom. The van der Waals surface area contributed by atoms with Gasteiger partial charge in [-0.25, -0.2) is 0 Å². The molecule has 0 radical (unpaired) electrons. The Kier molecular flexibility index (Phi) is 4.17. The van der Waals surface area contributed by atoms with Crippen molar-refractivity contribution in [2.45, 2.75) is 13.0 Å². The molecular weight excluding hydrogens is 283 g/mol. The molecule has 1 aromatic carbocycles. The molecule has 0 fully saturated rings. The lowest BCUT2D eigenvalue weighted by Crippen LogP contribution is -2.30. The summed E-state index contributed by atoms with van der Waals surface area (Å²) in [5.74, 6) is -0.0755. The van der Waals surface area contributed by atoms with Gasteiger partial charge in [0.1, 0.15) is 6.04 Å². The topological polar surface area (TPSA) is 34.0 Å². The molecule has 2 aromatic rings. The minimum Gasteiger partial charge on any atom is -0.351 e. The molecule has 0 aliphatic carbocycles. The number of fused-ring (bicyclic) bond motifs is 1.